The van der Waals surface area contributed by atoms with Crippen LogP contribution in [0.4, 0.5) is 0 Å². The molecule has 4 heteroatoms. The molecule has 0 bridgehead atoms. The van der Waals surface area contributed by atoms with Crippen molar-refractivity contribution < 1.29 is 12.6 Å². The maximum Gasteiger partial charge on any atom is 0.305 e. The van der Waals surface area contributed by atoms with Crippen molar-refractivity contribution in [2.45, 2.75) is 19.4 Å². The third-order valence-corrected chi connectivity index (χ3v) is 1.69. The normalized spacial score (nSPS) is 35.5. The summed E-state index contributed by atoms with van der Waals surface area (Å²) in [6, 6.07) is 0. The van der Waals surface area contributed by atoms with E-state index >= 15 is 0 Å². The summed E-state index contributed by atoms with van der Waals surface area (Å²) in [5, 5.41) is 0. The van der Waals surface area contributed by atoms with E-state index in [0.717, 1.165) is 0 Å². The molecule has 0 aromatic carbocycles. The van der Waals surface area contributed by atoms with E-state index < -0.39 is 11.4 Å². The average molecular weight is 136 g/mol. The summed E-state index contributed by atoms with van der Waals surface area (Å²) in [5.41, 5.74) is -0.356. The summed E-state index contributed by atoms with van der Waals surface area (Å²) in [6.07, 6.45) is 0. The topological polar surface area (TPSA) is 35.5 Å². The van der Waals surface area contributed by atoms with Gasteiger partial charge in [-0.15, -0.1) is 0 Å². The van der Waals surface area contributed by atoms with E-state index in [-0.39, 0.29) is 5.60 Å². The van der Waals surface area contributed by atoms with Crippen molar-refractivity contribution in [3.63, 3.8) is 0 Å². The van der Waals surface area contributed by atoms with Gasteiger partial charge in [0.1, 0.15) is 5.60 Å². The minimum absolute atomic E-state index is 0.356. The maximum atomic E-state index is 10.3. The summed E-state index contributed by atoms with van der Waals surface area (Å²) >= 11 is -1.49. The van der Waals surface area contributed by atoms with Gasteiger partial charge in [-0.1, -0.05) is 0 Å². The van der Waals surface area contributed by atoms with Crippen LogP contribution in [-0.2, 0) is 19.7 Å². The Labute approximate surface area is 50.8 Å². The van der Waals surface area contributed by atoms with Crippen LogP contribution in [-0.4, -0.2) is 16.4 Å². The molecule has 0 saturated carbocycles. The van der Waals surface area contributed by atoms with Crippen molar-refractivity contribution in [3.05, 3.63) is 0 Å². The second-order valence-corrected chi connectivity index (χ2v) is 3.12. The molecule has 1 fully saturated rings. The number of rotatable bonds is 0. The maximum absolute atomic E-state index is 10.3. The molecule has 1 heterocycles. The van der Waals surface area contributed by atoms with Crippen LogP contribution in [0.15, 0.2) is 0 Å². The first kappa shape index (κ1) is 6.19. The van der Waals surface area contributed by atoms with Crippen LogP contribution in [0.3, 0.4) is 0 Å². The van der Waals surface area contributed by atoms with Crippen LogP contribution in [0.2, 0.25) is 0 Å². The summed E-state index contributed by atoms with van der Waals surface area (Å²) < 4.78 is 19.7. The molecule has 1 unspecified atom stereocenters. The molecule has 1 atom stereocenters. The summed E-state index contributed by atoms with van der Waals surface area (Å²) in [6.45, 7) is 4.08. The summed E-state index contributed by atoms with van der Waals surface area (Å²) in [4.78, 5) is 0. The lowest BCUT2D eigenvalue weighted by molar-refractivity contribution is 0.142. The van der Waals surface area contributed by atoms with Crippen molar-refractivity contribution >= 4 is 11.4 Å². The minimum Gasteiger partial charge on any atom is -0.265 e. The molecule has 0 N–H and O–H groups in total. The largest absolute Gasteiger partial charge is 0.305 e. The quantitative estimate of drug-likeness (QED) is 0.483. The lowest BCUT2D eigenvalue weighted by atomic mass is 10.2. The molecule has 3 nitrogen and oxygen atoms in total. The van der Waals surface area contributed by atoms with Gasteiger partial charge in [0, 0.05) is 0 Å². The molecule has 1 aliphatic heterocycles. The smallest absolute Gasteiger partial charge is 0.265 e. The molecule has 0 aromatic rings. The first-order chi connectivity index (χ1) is 3.60. The van der Waals surface area contributed by atoms with Crippen LogP contribution in [0, 0.1) is 0 Å². The first-order valence-electron chi connectivity index (χ1n) is 2.35. The number of hydrogen-bond donors (Lipinski definition) is 0. The van der Waals surface area contributed by atoms with Crippen LogP contribution < -0.4 is 0 Å². The van der Waals surface area contributed by atoms with Crippen LogP contribution in [0.1, 0.15) is 13.8 Å². The summed E-state index contributed by atoms with van der Waals surface area (Å²) in [5.74, 6) is 0. The molecule has 0 spiro atoms. The van der Waals surface area contributed by atoms with E-state index in [9.17, 15) is 4.21 Å². The fourth-order valence-corrected chi connectivity index (χ4v) is 1.27. The van der Waals surface area contributed by atoms with E-state index in [1.807, 2.05) is 13.8 Å². The van der Waals surface area contributed by atoms with Gasteiger partial charge in [-0.3, -0.25) is 8.37 Å². The van der Waals surface area contributed by atoms with Crippen molar-refractivity contribution in [3.8, 4) is 0 Å². The highest BCUT2D eigenvalue weighted by Crippen LogP contribution is 2.19. The standard InChI is InChI=1S/C4H8O3S/c1-4(2)3-6-8(5)7-4/h3H2,1-2H3. The molecule has 0 aromatic heterocycles. The minimum atomic E-state index is -1.49. The van der Waals surface area contributed by atoms with Crippen molar-refractivity contribution in [1.82, 2.24) is 0 Å². The lowest BCUT2D eigenvalue weighted by Gasteiger charge is -2.08. The van der Waals surface area contributed by atoms with Crippen molar-refractivity contribution in [1.29, 1.82) is 0 Å². The van der Waals surface area contributed by atoms with Gasteiger partial charge in [0.15, 0.2) is 0 Å². The Hall–Kier alpha value is 0.0700. The van der Waals surface area contributed by atoms with Gasteiger partial charge in [0.05, 0.1) is 6.61 Å². The zero-order valence-electron chi connectivity index (χ0n) is 4.84. The predicted octanol–water partition coefficient (Wildman–Crippen LogP) is 0.391. The van der Waals surface area contributed by atoms with E-state index in [2.05, 4.69) is 4.18 Å². The SMILES string of the molecule is CC1(C)COS(=O)O1. The second-order valence-electron chi connectivity index (χ2n) is 2.31. The fourth-order valence-electron chi connectivity index (χ4n) is 0.422. The van der Waals surface area contributed by atoms with Gasteiger partial charge in [0.2, 0.25) is 0 Å². The first-order valence-corrected chi connectivity index (χ1v) is 3.35. The zero-order valence-corrected chi connectivity index (χ0v) is 5.66. The second kappa shape index (κ2) is 1.79. The van der Waals surface area contributed by atoms with Gasteiger partial charge >= 0.3 is 11.4 Å². The van der Waals surface area contributed by atoms with Crippen molar-refractivity contribution in [2.75, 3.05) is 6.61 Å². The molecule has 1 rings (SSSR count). The molecule has 48 valence electrons. The van der Waals surface area contributed by atoms with Crippen molar-refractivity contribution in [2.24, 2.45) is 0 Å². The third-order valence-electron chi connectivity index (χ3n) is 0.796. The lowest BCUT2D eigenvalue weighted by Crippen LogP contribution is -2.20. The Morgan fingerprint density at radius 3 is 2.38 bits per heavy atom. The highest BCUT2D eigenvalue weighted by atomic mass is 32.2. The fraction of sp³-hybridized carbons (Fsp3) is 1.00. The Morgan fingerprint density at radius 2 is 2.25 bits per heavy atom. The van der Waals surface area contributed by atoms with Gasteiger partial charge in [-0.05, 0) is 13.8 Å². The van der Waals surface area contributed by atoms with E-state index in [4.69, 9.17) is 4.18 Å². The molecule has 0 amide bonds. The van der Waals surface area contributed by atoms with Crippen LogP contribution in [0.25, 0.3) is 0 Å². The van der Waals surface area contributed by atoms with Gasteiger partial charge in [-0.2, -0.15) is 4.21 Å². The summed E-state index contributed by atoms with van der Waals surface area (Å²) in [7, 11) is 0. The predicted molar refractivity (Wildman–Crippen MR) is 29.3 cm³/mol. The highest BCUT2D eigenvalue weighted by Gasteiger charge is 2.30. The Bertz CT molecular complexity index is 120. The number of hydrogen-bond acceptors (Lipinski definition) is 3. The van der Waals surface area contributed by atoms with Gasteiger partial charge in [0.25, 0.3) is 0 Å². The highest BCUT2D eigenvalue weighted by molar-refractivity contribution is 7.75. The van der Waals surface area contributed by atoms with Gasteiger partial charge < -0.3 is 0 Å². The molecule has 0 aliphatic carbocycles. The van der Waals surface area contributed by atoms with Crippen LogP contribution >= 0.6 is 0 Å². The van der Waals surface area contributed by atoms with E-state index in [0.29, 0.717) is 6.61 Å². The van der Waals surface area contributed by atoms with Crippen LogP contribution in [0.5, 0.6) is 0 Å². The molecule has 1 aliphatic rings. The Morgan fingerprint density at radius 1 is 1.62 bits per heavy atom. The van der Waals surface area contributed by atoms with E-state index in [1.165, 1.54) is 0 Å². The zero-order chi connectivity index (χ0) is 6.20. The Balaban J connectivity index is 2.56. The molecular formula is C4H8O3S. The third kappa shape index (κ3) is 1.27. The monoisotopic (exact) mass is 136 g/mol. The van der Waals surface area contributed by atoms with E-state index in [1.54, 1.807) is 0 Å². The van der Waals surface area contributed by atoms with Gasteiger partial charge in [-0.25, -0.2) is 0 Å². The molecule has 8 heavy (non-hydrogen) atoms. The molecular weight excluding hydrogens is 128 g/mol. The Kier molecular flexibility index (Phi) is 1.38. The molecule has 1 saturated heterocycles. The molecule has 0 radical (unpaired) electrons. The average Bonchev–Trinajstić information content (AvgIpc) is 1.82.